The number of methoxy groups -OCH3 is 1. The Labute approximate surface area is 121 Å². The highest BCUT2D eigenvalue weighted by molar-refractivity contribution is 6.10. The summed E-state index contributed by atoms with van der Waals surface area (Å²) in [4.78, 5) is 16.0. The van der Waals surface area contributed by atoms with Crippen molar-refractivity contribution in [3.8, 4) is 0 Å². The van der Waals surface area contributed by atoms with E-state index in [1.54, 1.807) is 6.07 Å². The van der Waals surface area contributed by atoms with Gasteiger partial charge in [0.05, 0.1) is 24.9 Å². The molecule has 0 aliphatic rings. The monoisotopic (exact) mass is 284 g/mol. The van der Waals surface area contributed by atoms with E-state index in [4.69, 9.17) is 4.74 Å². The average molecular weight is 284 g/mol. The number of esters is 1. The summed E-state index contributed by atoms with van der Waals surface area (Å²) in [6.07, 6.45) is 0. The molecule has 3 aromatic rings. The fourth-order valence-corrected chi connectivity index (χ4v) is 2.80. The number of rotatable bonds is 3. The minimum Gasteiger partial charge on any atom is -0.464 e. The zero-order valence-electron chi connectivity index (χ0n) is 12.0. The van der Waals surface area contributed by atoms with Crippen molar-refractivity contribution in [1.82, 2.24) is 9.55 Å². The zero-order chi connectivity index (χ0) is 15.0. The summed E-state index contributed by atoms with van der Waals surface area (Å²) in [6.45, 7) is 2.58. The number of aromatic nitrogens is 2. The van der Waals surface area contributed by atoms with Crippen LogP contribution in [0.15, 0.2) is 30.3 Å². The zero-order valence-corrected chi connectivity index (χ0v) is 12.0. The number of fused-ring (bicyclic) bond motifs is 3. The third-order valence-electron chi connectivity index (χ3n) is 3.68. The van der Waals surface area contributed by atoms with Crippen LogP contribution in [0.1, 0.15) is 23.1 Å². The van der Waals surface area contributed by atoms with E-state index in [2.05, 4.69) is 9.55 Å². The van der Waals surface area contributed by atoms with Crippen LogP contribution in [0.3, 0.4) is 0 Å². The number of benzene rings is 1. The summed E-state index contributed by atoms with van der Waals surface area (Å²) >= 11 is 0. The molecule has 0 saturated carbocycles. The third kappa shape index (κ3) is 1.97. The van der Waals surface area contributed by atoms with Crippen LogP contribution in [0.2, 0.25) is 0 Å². The predicted molar refractivity (Wildman–Crippen MR) is 80.2 cm³/mol. The van der Waals surface area contributed by atoms with Crippen molar-refractivity contribution in [2.45, 2.75) is 20.1 Å². The number of aliphatic hydroxyl groups excluding tert-OH is 1. The smallest absolute Gasteiger partial charge is 0.356 e. The van der Waals surface area contributed by atoms with Crippen molar-refractivity contribution in [1.29, 1.82) is 0 Å². The van der Waals surface area contributed by atoms with E-state index in [9.17, 15) is 9.90 Å². The van der Waals surface area contributed by atoms with Gasteiger partial charge in [-0.1, -0.05) is 18.2 Å². The first kappa shape index (κ1) is 13.6. The molecule has 0 spiro atoms. The van der Waals surface area contributed by atoms with E-state index >= 15 is 0 Å². The molecule has 0 radical (unpaired) electrons. The maximum Gasteiger partial charge on any atom is 0.356 e. The summed E-state index contributed by atoms with van der Waals surface area (Å²) in [5.41, 5.74) is 2.64. The highest BCUT2D eigenvalue weighted by atomic mass is 16.5. The summed E-state index contributed by atoms with van der Waals surface area (Å²) in [6, 6.07) is 9.69. The fourth-order valence-electron chi connectivity index (χ4n) is 2.80. The number of aliphatic hydroxyl groups is 1. The standard InChI is InChI=1S/C16H16N2O3/c1-3-18-14-7-5-4-6-10(14)11-8-12(16(20)21-2)17-13(9-19)15(11)18/h4-8,19H,3,9H2,1-2H3. The Kier molecular flexibility index (Phi) is 3.35. The van der Waals surface area contributed by atoms with Gasteiger partial charge in [0, 0.05) is 22.8 Å². The molecule has 0 atom stereocenters. The molecule has 5 heteroatoms. The molecule has 2 heterocycles. The lowest BCUT2D eigenvalue weighted by Gasteiger charge is -2.07. The van der Waals surface area contributed by atoms with Crippen LogP contribution in [-0.4, -0.2) is 27.7 Å². The molecule has 1 aromatic carbocycles. The number of para-hydroxylation sites is 1. The summed E-state index contributed by atoms with van der Waals surface area (Å²) in [5, 5.41) is 11.6. The van der Waals surface area contributed by atoms with E-state index < -0.39 is 5.97 Å². The number of carbonyl (C=O) groups excluding carboxylic acids is 1. The predicted octanol–water partition coefficient (Wildman–Crippen LogP) is 2.49. The van der Waals surface area contributed by atoms with Crippen LogP contribution in [0, 0.1) is 0 Å². The first-order valence-electron chi connectivity index (χ1n) is 6.81. The Hall–Kier alpha value is -2.40. The van der Waals surface area contributed by atoms with Crippen LogP contribution < -0.4 is 0 Å². The van der Waals surface area contributed by atoms with E-state index in [-0.39, 0.29) is 12.3 Å². The minimum atomic E-state index is -0.500. The maximum absolute atomic E-state index is 11.8. The van der Waals surface area contributed by atoms with Gasteiger partial charge >= 0.3 is 5.97 Å². The summed E-state index contributed by atoms with van der Waals surface area (Å²) < 4.78 is 6.84. The van der Waals surface area contributed by atoms with Gasteiger partial charge in [0.2, 0.25) is 0 Å². The molecule has 0 unspecified atom stereocenters. The molecule has 3 rings (SSSR count). The van der Waals surface area contributed by atoms with E-state index in [0.29, 0.717) is 5.69 Å². The molecule has 0 saturated heterocycles. The molecular formula is C16H16N2O3. The topological polar surface area (TPSA) is 64.4 Å². The van der Waals surface area contributed by atoms with Crippen LogP contribution in [-0.2, 0) is 17.9 Å². The molecule has 0 fully saturated rings. The van der Waals surface area contributed by atoms with Crippen molar-refractivity contribution >= 4 is 27.8 Å². The Morgan fingerprint density at radius 3 is 2.76 bits per heavy atom. The Balaban J connectivity index is 2.48. The summed E-state index contributed by atoms with van der Waals surface area (Å²) in [5.74, 6) is -0.500. The molecule has 108 valence electrons. The second-order valence-corrected chi connectivity index (χ2v) is 4.76. The summed E-state index contributed by atoms with van der Waals surface area (Å²) in [7, 11) is 1.32. The van der Waals surface area contributed by atoms with Gasteiger partial charge in [0.25, 0.3) is 0 Å². The number of hydrogen-bond acceptors (Lipinski definition) is 4. The highest BCUT2D eigenvalue weighted by Crippen LogP contribution is 2.31. The lowest BCUT2D eigenvalue weighted by atomic mass is 10.1. The Morgan fingerprint density at radius 1 is 1.33 bits per heavy atom. The van der Waals surface area contributed by atoms with Gasteiger partial charge in [-0.05, 0) is 19.1 Å². The minimum absolute atomic E-state index is 0.216. The number of ether oxygens (including phenoxy) is 1. The second-order valence-electron chi connectivity index (χ2n) is 4.76. The van der Waals surface area contributed by atoms with Gasteiger partial charge in [0.1, 0.15) is 5.69 Å². The van der Waals surface area contributed by atoms with Gasteiger partial charge < -0.3 is 14.4 Å². The largest absolute Gasteiger partial charge is 0.464 e. The number of nitrogens with zero attached hydrogens (tertiary/aromatic N) is 2. The molecule has 0 amide bonds. The number of aryl methyl sites for hydroxylation is 1. The van der Waals surface area contributed by atoms with Crippen LogP contribution in [0.5, 0.6) is 0 Å². The van der Waals surface area contributed by atoms with E-state index in [1.165, 1.54) is 7.11 Å². The normalized spacial score (nSPS) is 11.2. The Bertz CT molecular complexity index is 836. The first-order chi connectivity index (χ1) is 10.2. The second kappa shape index (κ2) is 5.18. The lowest BCUT2D eigenvalue weighted by Crippen LogP contribution is -2.08. The van der Waals surface area contributed by atoms with Gasteiger partial charge in [-0.2, -0.15) is 0 Å². The number of pyridine rings is 1. The van der Waals surface area contributed by atoms with Gasteiger partial charge in [-0.25, -0.2) is 9.78 Å². The SMILES string of the molecule is CCn1c2ccccc2c2cc(C(=O)OC)nc(CO)c21. The van der Waals surface area contributed by atoms with Gasteiger partial charge in [-0.15, -0.1) is 0 Å². The van der Waals surface area contributed by atoms with Crippen LogP contribution in [0.25, 0.3) is 21.8 Å². The van der Waals surface area contributed by atoms with E-state index in [0.717, 1.165) is 28.4 Å². The first-order valence-corrected chi connectivity index (χ1v) is 6.81. The fraction of sp³-hybridized carbons (Fsp3) is 0.250. The molecule has 1 N–H and O–H groups in total. The number of hydrogen-bond donors (Lipinski definition) is 1. The van der Waals surface area contributed by atoms with Crippen LogP contribution in [0.4, 0.5) is 0 Å². The third-order valence-corrected chi connectivity index (χ3v) is 3.68. The van der Waals surface area contributed by atoms with E-state index in [1.807, 2.05) is 31.2 Å². The van der Waals surface area contributed by atoms with Gasteiger partial charge in [-0.3, -0.25) is 0 Å². The highest BCUT2D eigenvalue weighted by Gasteiger charge is 2.18. The van der Waals surface area contributed by atoms with Crippen molar-refractivity contribution in [2.24, 2.45) is 0 Å². The lowest BCUT2D eigenvalue weighted by molar-refractivity contribution is 0.0593. The molecular weight excluding hydrogens is 268 g/mol. The van der Waals surface area contributed by atoms with Crippen LogP contribution >= 0.6 is 0 Å². The van der Waals surface area contributed by atoms with Gasteiger partial charge in [0.15, 0.2) is 0 Å². The van der Waals surface area contributed by atoms with Crippen molar-refractivity contribution < 1.29 is 14.6 Å². The maximum atomic E-state index is 11.8. The molecule has 0 bridgehead atoms. The molecule has 2 aromatic heterocycles. The van der Waals surface area contributed by atoms with Crippen molar-refractivity contribution in [3.05, 3.63) is 41.7 Å². The molecule has 0 aliphatic heterocycles. The quantitative estimate of drug-likeness (QED) is 0.750. The van der Waals surface area contributed by atoms with Crippen molar-refractivity contribution in [3.63, 3.8) is 0 Å². The molecule has 5 nitrogen and oxygen atoms in total. The van der Waals surface area contributed by atoms with Crippen molar-refractivity contribution in [2.75, 3.05) is 7.11 Å². The Morgan fingerprint density at radius 2 is 2.10 bits per heavy atom. The molecule has 0 aliphatic carbocycles. The molecule has 21 heavy (non-hydrogen) atoms. The average Bonchev–Trinajstić information content (AvgIpc) is 2.87. The number of carbonyl (C=O) groups is 1.